The second-order valence-corrected chi connectivity index (χ2v) is 3.44. The van der Waals surface area contributed by atoms with E-state index in [-0.39, 0.29) is 18.2 Å². The maximum atomic E-state index is 10.8. The van der Waals surface area contributed by atoms with E-state index in [1.165, 1.54) is 0 Å². The van der Waals surface area contributed by atoms with Gasteiger partial charge in [0.05, 0.1) is 6.54 Å². The molecule has 0 spiro atoms. The van der Waals surface area contributed by atoms with Crippen LogP contribution in [0, 0.1) is 0 Å². The van der Waals surface area contributed by atoms with Gasteiger partial charge in [-0.05, 0) is 24.2 Å². The monoisotopic (exact) mass is 208 g/mol. The van der Waals surface area contributed by atoms with E-state index in [2.05, 4.69) is 0 Å². The molecular formula is C11H16N2O2. The van der Waals surface area contributed by atoms with E-state index in [9.17, 15) is 9.90 Å². The van der Waals surface area contributed by atoms with E-state index in [1.54, 1.807) is 18.2 Å². The van der Waals surface area contributed by atoms with Crippen LogP contribution in [-0.2, 0) is 11.3 Å². The van der Waals surface area contributed by atoms with Crippen molar-refractivity contribution in [1.82, 2.24) is 4.90 Å². The fourth-order valence-electron chi connectivity index (χ4n) is 1.41. The Morgan fingerprint density at radius 3 is 2.80 bits per heavy atom. The summed E-state index contributed by atoms with van der Waals surface area (Å²) in [6, 6.07) is 6.99. The largest absolute Gasteiger partial charge is 0.508 e. The highest BCUT2D eigenvalue weighted by Crippen LogP contribution is 2.12. The molecule has 0 radical (unpaired) electrons. The summed E-state index contributed by atoms with van der Waals surface area (Å²) in [5, 5.41) is 9.27. The zero-order valence-corrected chi connectivity index (χ0v) is 8.81. The summed E-state index contributed by atoms with van der Waals surface area (Å²) in [6.45, 7) is 3.57. The molecule has 4 heteroatoms. The zero-order chi connectivity index (χ0) is 11.3. The molecule has 4 nitrogen and oxygen atoms in total. The summed E-state index contributed by atoms with van der Waals surface area (Å²) < 4.78 is 0. The normalized spacial score (nSPS) is 10.5. The van der Waals surface area contributed by atoms with Crippen LogP contribution in [0.25, 0.3) is 0 Å². The van der Waals surface area contributed by atoms with Gasteiger partial charge in [0.15, 0.2) is 0 Å². The first kappa shape index (κ1) is 11.5. The van der Waals surface area contributed by atoms with Crippen LogP contribution in [0.4, 0.5) is 0 Å². The summed E-state index contributed by atoms with van der Waals surface area (Å²) >= 11 is 0. The molecule has 0 heterocycles. The molecule has 0 atom stereocenters. The number of amides is 1. The van der Waals surface area contributed by atoms with Gasteiger partial charge in [-0.3, -0.25) is 9.69 Å². The molecule has 1 rings (SSSR count). The lowest BCUT2D eigenvalue weighted by Gasteiger charge is -2.18. The number of nitrogens with two attached hydrogens (primary N) is 1. The van der Waals surface area contributed by atoms with Gasteiger partial charge >= 0.3 is 0 Å². The summed E-state index contributed by atoms with van der Waals surface area (Å²) in [5.41, 5.74) is 6.09. The second kappa shape index (κ2) is 5.36. The summed E-state index contributed by atoms with van der Waals surface area (Å²) in [6.07, 6.45) is 0. The van der Waals surface area contributed by atoms with Gasteiger partial charge < -0.3 is 10.8 Å². The molecule has 82 valence electrons. The van der Waals surface area contributed by atoms with E-state index < -0.39 is 0 Å². The van der Waals surface area contributed by atoms with E-state index in [0.29, 0.717) is 6.54 Å². The standard InChI is InChI=1S/C11H16N2O2/c1-2-13(8-11(12)15)7-9-4-3-5-10(14)6-9/h3-6,14H,2,7-8H2,1H3,(H2,12,15). The molecule has 0 saturated carbocycles. The molecule has 15 heavy (non-hydrogen) atoms. The van der Waals surface area contributed by atoms with Gasteiger partial charge in [-0.2, -0.15) is 0 Å². The van der Waals surface area contributed by atoms with Gasteiger partial charge in [0.1, 0.15) is 5.75 Å². The average Bonchev–Trinajstić information content (AvgIpc) is 2.16. The molecule has 0 aromatic heterocycles. The Bertz CT molecular complexity index is 339. The smallest absolute Gasteiger partial charge is 0.231 e. The Morgan fingerprint density at radius 1 is 1.53 bits per heavy atom. The molecular weight excluding hydrogens is 192 g/mol. The molecule has 1 amide bonds. The molecule has 0 aliphatic carbocycles. The van der Waals surface area contributed by atoms with Crippen LogP contribution in [0.1, 0.15) is 12.5 Å². The lowest BCUT2D eigenvalue weighted by Crippen LogP contribution is -2.33. The van der Waals surface area contributed by atoms with Crippen LogP contribution >= 0.6 is 0 Å². The maximum Gasteiger partial charge on any atom is 0.231 e. The Balaban J connectivity index is 2.62. The minimum Gasteiger partial charge on any atom is -0.508 e. The number of nitrogens with zero attached hydrogens (tertiary/aromatic N) is 1. The quantitative estimate of drug-likeness (QED) is 0.748. The van der Waals surface area contributed by atoms with Crippen LogP contribution in [-0.4, -0.2) is 29.0 Å². The first-order valence-corrected chi connectivity index (χ1v) is 4.90. The number of hydrogen-bond acceptors (Lipinski definition) is 3. The third-order valence-electron chi connectivity index (χ3n) is 2.14. The molecule has 3 N–H and O–H groups in total. The number of carbonyl (C=O) groups is 1. The summed E-state index contributed by atoms with van der Waals surface area (Å²) in [7, 11) is 0. The first-order valence-electron chi connectivity index (χ1n) is 4.90. The fraction of sp³-hybridized carbons (Fsp3) is 0.364. The van der Waals surface area contributed by atoms with Gasteiger partial charge in [-0.1, -0.05) is 19.1 Å². The number of primary amides is 1. The number of phenolic OH excluding ortho intramolecular Hbond substituents is 1. The van der Waals surface area contributed by atoms with Gasteiger partial charge in [-0.25, -0.2) is 0 Å². The SMILES string of the molecule is CCN(CC(N)=O)Cc1cccc(O)c1. The van der Waals surface area contributed by atoms with Crippen molar-refractivity contribution in [1.29, 1.82) is 0 Å². The average molecular weight is 208 g/mol. The minimum atomic E-state index is -0.336. The highest BCUT2D eigenvalue weighted by molar-refractivity contribution is 5.75. The fourth-order valence-corrected chi connectivity index (χ4v) is 1.41. The molecule has 0 bridgehead atoms. The number of carbonyl (C=O) groups excluding carboxylic acids is 1. The predicted molar refractivity (Wildman–Crippen MR) is 58.3 cm³/mol. The van der Waals surface area contributed by atoms with Gasteiger partial charge in [0.2, 0.25) is 5.91 Å². The lowest BCUT2D eigenvalue weighted by molar-refractivity contribution is -0.119. The molecule has 0 unspecified atom stereocenters. The molecule has 1 aromatic carbocycles. The lowest BCUT2D eigenvalue weighted by atomic mass is 10.2. The van der Waals surface area contributed by atoms with Crippen LogP contribution in [0.2, 0.25) is 0 Å². The van der Waals surface area contributed by atoms with Crippen LogP contribution in [0.5, 0.6) is 5.75 Å². The molecule has 0 aliphatic rings. The molecule has 0 saturated heterocycles. The van der Waals surface area contributed by atoms with Crippen molar-refractivity contribution in [2.24, 2.45) is 5.73 Å². The number of aromatic hydroxyl groups is 1. The highest BCUT2D eigenvalue weighted by atomic mass is 16.3. The van der Waals surface area contributed by atoms with Crippen molar-refractivity contribution in [2.75, 3.05) is 13.1 Å². The van der Waals surface area contributed by atoms with Crippen LogP contribution in [0.3, 0.4) is 0 Å². The van der Waals surface area contributed by atoms with Crippen molar-refractivity contribution in [3.63, 3.8) is 0 Å². The summed E-state index contributed by atoms with van der Waals surface area (Å²) in [5.74, 6) is -0.0976. The van der Waals surface area contributed by atoms with Crippen molar-refractivity contribution < 1.29 is 9.90 Å². The van der Waals surface area contributed by atoms with Crippen molar-refractivity contribution in [2.45, 2.75) is 13.5 Å². The Hall–Kier alpha value is -1.55. The number of likely N-dealkylation sites (N-methyl/N-ethyl adjacent to an activating group) is 1. The number of phenols is 1. The third kappa shape index (κ3) is 3.99. The topological polar surface area (TPSA) is 66.6 Å². The van der Waals surface area contributed by atoms with Gasteiger partial charge in [-0.15, -0.1) is 0 Å². The van der Waals surface area contributed by atoms with Crippen LogP contribution in [0.15, 0.2) is 24.3 Å². The Kier molecular flexibility index (Phi) is 4.12. The van der Waals surface area contributed by atoms with Crippen molar-refractivity contribution >= 4 is 5.91 Å². The molecule has 0 aliphatic heterocycles. The predicted octanol–water partition coefficient (Wildman–Crippen LogP) is 0.699. The number of hydrogen-bond donors (Lipinski definition) is 2. The second-order valence-electron chi connectivity index (χ2n) is 3.44. The van der Waals surface area contributed by atoms with Gasteiger partial charge in [0, 0.05) is 6.54 Å². The van der Waals surface area contributed by atoms with Crippen molar-refractivity contribution in [3.8, 4) is 5.75 Å². The van der Waals surface area contributed by atoms with Crippen LogP contribution < -0.4 is 5.73 Å². The third-order valence-corrected chi connectivity index (χ3v) is 2.14. The first-order chi connectivity index (χ1) is 7.11. The molecule has 1 aromatic rings. The molecule has 0 fully saturated rings. The van der Waals surface area contributed by atoms with E-state index in [1.807, 2.05) is 17.9 Å². The zero-order valence-electron chi connectivity index (χ0n) is 8.81. The van der Waals surface area contributed by atoms with E-state index in [4.69, 9.17) is 5.73 Å². The summed E-state index contributed by atoms with van der Waals surface area (Å²) in [4.78, 5) is 12.7. The minimum absolute atomic E-state index is 0.239. The Labute approximate surface area is 89.3 Å². The van der Waals surface area contributed by atoms with Gasteiger partial charge in [0.25, 0.3) is 0 Å². The highest BCUT2D eigenvalue weighted by Gasteiger charge is 2.06. The number of rotatable bonds is 5. The Morgan fingerprint density at radius 2 is 2.27 bits per heavy atom. The maximum absolute atomic E-state index is 10.8. The number of benzene rings is 1. The van der Waals surface area contributed by atoms with Crippen molar-refractivity contribution in [3.05, 3.63) is 29.8 Å². The van der Waals surface area contributed by atoms with E-state index in [0.717, 1.165) is 12.1 Å². The van der Waals surface area contributed by atoms with E-state index >= 15 is 0 Å².